The van der Waals surface area contributed by atoms with Gasteiger partial charge in [0.2, 0.25) is 5.88 Å². The van der Waals surface area contributed by atoms with E-state index >= 15 is 0 Å². The lowest BCUT2D eigenvalue weighted by Crippen LogP contribution is -2.33. The van der Waals surface area contributed by atoms with Crippen molar-refractivity contribution < 1.29 is 37.0 Å². The summed E-state index contributed by atoms with van der Waals surface area (Å²) >= 11 is 0. The number of hydrogen-bond donors (Lipinski definition) is 3. The van der Waals surface area contributed by atoms with Crippen LogP contribution in [0.4, 0.5) is 28.0 Å². The number of alkyl halides is 4. The Morgan fingerprint density at radius 3 is 2.58 bits per heavy atom. The minimum atomic E-state index is -4.28. The van der Waals surface area contributed by atoms with Crippen molar-refractivity contribution in [2.45, 2.75) is 25.2 Å². The van der Waals surface area contributed by atoms with Gasteiger partial charge in [-0.1, -0.05) is 0 Å². The zero-order valence-electron chi connectivity index (χ0n) is 12.3. The topological polar surface area (TPSA) is 101 Å². The molecule has 0 unspecified atom stereocenters. The average Bonchev–Trinajstić information content (AvgIpc) is 2.50. The molecule has 0 fully saturated rings. The van der Waals surface area contributed by atoms with E-state index in [2.05, 4.69) is 20.4 Å². The lowest BCUT2D eigenvalue weighted by atomic mass is 10.3. The number of hydrogen-bond acceptors (Lipinski definition) is 4. The number of aliphatic carboxylic acids is 1. The quantitative estimate of drug-likeness (QED) is 0.467. The molecule has 0 saturated carbocycles. The zero-order valence-corrected chi connectivity index (χ0v) is 12.3. The second-order valence-corrected chi connectivity index (χ2v) is 4.61. The minimum Gasteiger partial charge on any atom is -0.481 e. The molecule has 11 heteroatoms. The number of carboxylic acid groups (broad SMARTS) is 1. The smallest absolute Gasteiger partial charge is 0.340 e. The highest BCUT2D eigenvalue weighted by Crippen LogP contribution is 2.23. The lowest BCUT2D eigenvalue weighted by molar-refractivity contribution is -0.148. The van der Waals surface area contributed by atoms with E-state index in [-0.39, 0.29) is 31.0 Å². The van der Waals surface area contributed by atoms with Crippen molar-refractivity contribution in [1.29, 1.82) is 0 Å². The molecule has 0 aliphatic rings. The number of pyridine rings is 1. The number of anilines is 1. The summed E-state index contributed by atoms with van der Waals surface area (Å²) in [4.78, 5) is 25.3. The third kappa shape index (κ3) is 7.11. The van der Waals surface area contributed by atoms with Crippen LogP contribution >= 0.6 is 0 Å². The van der Waals surface area contributed by atoms with E-state index in [1.807, 2.05) is 0 Å². The molecule has 7 nitrogen and oxygen atoms in total. The van der Waals surface area contributed by atoms with Crippen molar-refractivity contribution in [3.63, 3.8) is 0 Å². The normalized spacial score (nSPS) is 11.2. The fourth-order valence-corrected chi connectivity index (χ4v) is 1.39. The van der Waals surface area contributed by atoms with Gasteiger partial charge in [0.05, 0.1) is 11.9 Å². The van der Waals surface area contributed by atoms with Gasteiger partial charge < -0.3 is 20.5 Å². The molecule has 1 aromatic heterocycles. The molecule has 1 aromatic rings. The maximum absolute atomic E-state index is 12.7. The highest BCUT2D eigenvalue weighted by atomic mass is 19.3. The monoisotopic (exact) mass is 353 g/mol. The first-order valence-corrected chi connectivity index (χ1v) is 6.72. The predicted octanol–water partition coefficient (Wildman–Crippen LogP) is 2.35. The SMILES string of the molecule is O=C(O)CCCNC(=O)Nc1ccc(OCC(F)(F)C(F)F)nc1. The lowest BCUT2D eigenvalue weighted by Gasteiger charge is -2.15. The molecule has 0 atom stereocenters. The number of urea groups is 1. The largest absolute Gasteiger partial charge is 0.481 e. The molecule has 1 heterocycles. The second kappa shape index (κ2) is 8.89. The van der Waals surface area contributed by atoms with Crippen molar-refractivity contribution >= 4 is 17.7 Å². The third-order valence-electron chi connectivity index (χ3n) is 2.58. The molecule has 0 saturated heterocycles. The zero-order chi connectivity index (χ0) is 18.2. The predicted molar refractivity (Wildman–Crippen MR) is 74.6 cm³/mol. The molecular formula is C13H15F4N3O4. The number of nitrogens with one attached hydrogen (secondary N) is 2. The molecule has 0 radical (unpaired) electrons. The first-order valence-electron chi connectivity index (χ1n) is 6.72. The van der Waals surface area contributed by atoms with Crippen LogP contribution in [0.15, 0.2) is 18.3 Å². The fourth-order valence-electron chi connectivity index (χ4n) is 1.39. The number of halogens is 4. The van der Waals surface area contributed by atoms with Crippen LogP contribution in [0.2, 0.25) is 0 Å². The number of amides is 2. The molecule has 134 valence electrons. The van der Waals surface area contributed by atoms with Crippen molar-refractivity contribution in [1.82, 2.24) is 10.3 Å². The Labute approximate surface area is 134 Å². The van der Waals surface area contributed by atoms with Crippen molar-refractivity contribution in [3.8, 4) is 5.88 Å². The molecule has 1 rings (SSSR count). The van der Waals surface area contributed by atoms with Gasteiger partial charge in [0.1, 0.15) is 0 Å². The maximum Gasteiger partial charge on any atom is 0.340 e. The summed E-state index contributed by atoms with van der Waals surface area (Å²) in [6.45, 7) is -1.37. The summed E-state index contributed by atoms with van der Waals surface area (Å²) < 4.78 is 53.7. The van der Waals surface area contributed by atoms with Crippen LogP contribution in [0.5, 0.6) is 5.88 Å². The summed E-state index contributed by atoms with van der Waals surface area (Å²) in [7, 11) is 0. The van der Waals surface area contributed by atoms with Crippen LogP contribution < -0.4 is 15.4 Å². The molecule has 24 heavy (non-hydrogen) atoms. The molecular weight excluding hydrogens is 338 g/mol. The Balaban J connectivity index is 2.39. The van der Waals surface area contributed by atoms with E-state index in [1.165, 1.54) is 6.07 Å². The van der Waals surface area contributed by atoms with Gasteiger partial charge in [0, 0.05) is 19.0 Å². The number of nitrogens with zero attached hydrogens (tertiary/aromatic N) is 1. The summed E-state index contributed by atoms with van der Waals surface area (Å²) in [5.41, 5.74) is 0.207. The van der Waals surface area contributed by atoms with Crippen molar-refractivity contribution in [2.24, 2.45) is 0 Å². The molecule has 0 aromatic carbocycles. The summed E-state index contributed by atoms with van der Waals surface area (Å²) in [5, 5.41) is 13.2. The molecule has 0 bridgehead atoms. The van der Waals surface area contributed by atoms with Crippen LogP contribution in [0.3, 0.4) is 0 Å². The Hall–Kier alpha value is -2.59. The number of carbonyl (C=O) groups is 2. The van der Waals surface area contributed by atoms with Gasteiger partial charge in [-0.3, -0.25) is 4.79 Å². The summed E-state index contributed by atoms with van der Waals surface area (Å²) in [5.74, 6) is -5.56. The molecule has 3 N–H and O–H groups in total. The van der Waals surface area contributed by atoms with Gasteiger partial charge in [-0.15, -0.1) is 0 Å². The Bertz CT molecular complexity index is 555. The first kappa shape index (κ1) is 19.5. The number of ether oxygens (including phenoxy) is 1. The summed E-state index contributed by atoms with van der Waals surface area (Å²) in [6.07, 6.45) is -2.58. The number of aromatic nitrogens is 1. The first-order chi connectivity index (χ1) is 11.2. The fraction of sp³-hybridized carbons (Fsp3) is 0.462. The molecule has 0 aliphatic heterocycles. The highest BCUT2D eigenvalue weighted by molar-refractivity contribution is 5.89. The van der Waals surface area contributed by atoms with Crippen LogP contribution in [0, 0.1) is 0 Å². The van der Waals surface area contributed by atoms with Gasteiger partial charge in [0.25, 0.3) is 0 Å². The number of carbonyl (C=O) groups excluding carboxylic acids is 1. The van der Waals surface area contributed by atoms with Crippen LogP contribution in [0.1, 0.15) is 12.8 Å². The van der Waals surface area contributed by atoms with Crippen LogP contribution in [-0.4, -0.2) is 47.6 Å². The Morgan fingerprint density at radius 1 is 1.33 bits per heavy atom. The summed E-state index contributed by atoms with van der Waals surface area (Å²) in [6, 6.07) is 1.79. The van der Waals surface area contributed by atoms with Crippen molar-refractivity contribution in [3.05, 3.63) is 18.3 Å². The van der Waals surface area contributed by atoms with E-state index < -0.39 is 31.0 Å². The van der Waals surface area contributed by atoms with Crippen LogP contribution in [-0.2, 0) is 4.79 Å². The van der Waals surface area contributed by atoms with Gasteiger partial charge in [0.15, 0.2) is 6.61 Å². The van der Waals surface area contributed by atoms with Crippen molar-refractivity contribution in [2.75, 3.05) is 18.5 Å². The Kier molecular flexibility index (Phi) is 7.21. The van der Waals surface area contributed by atoms with Gasteiger partial charge in [-0.2, -0.15) is 8.78 Å². The minimum absolute atomic E-state index is 0.0862. The average molecular weight is 353 g/mol. The Morgan fingerprint density at radius 2 is 2.04 bits per heavy atom. The number of carboxylic acids is 1. The number of rotatable bonds is 9. The molecule has 2 amide bonds. The van der Waals surface area contributed by atoms with E-state index in [4.69, 9.17) is 5.11 Å². The van der Waals surface area contributed by atoms with E-state index in [9.17, 15) is 27.2 Å². The maximum atomic E-state index is 12.7. The molecule has 0 aliphatic carbocycles. The van der Waals surface area contributed by atoms with Gasteiger partial charge in [-0.25, -0.2) is 18.6 Å². The van der Waals surface area contributed by atoms with E-state index in [0.29, 0.717) is 0 Å². The van der Waals surface area contributed by atoms with E-state index in [1.54, 1.807) is 0 Å². The van der Waals surface area contributed by atoms with E-state index in [0.717, 1.165) is 12.3 Å². The third-order valence-corrected chi connectivity index (χ3v) is 2.58. The highest BCUT2D eigenvalue weighted by Gasteiger charge is 2.41. The van der Waals surface area contributed by atoms with Crippen LogP contribution in [0.25, 0.3) is 0 Å². The van der Waals surface area contributed by atoms with Gasteiger partial charge in [-0.05, 0) is 12.5 Å². The standard InChI is InChI=1S/C13H15F4N3O4/c14-11(15)13(16,17)7-24-9-4-3-8(6-19-9)20-12(23)18-5-1-2-10(21)22/h3-4,6,11H,1-2,5,7H2,(H,21,22)(H2,18,20,23). The second-order valence-electron chi connectivity index (χ2n) is 4.61. The molecule has 0 spiro atoms. The van der Waals surface area contributed by atoms with Gasteiger partial charge >= 0.3 is 24.3 Å².